The summed E-state index contributed by atoms with van der Waals surface area (Å²) in [4.78, 5) is 28.1. The number of pyridine rings is 1. The fourth-order valence-corrected chi connectivity index (χ4v) is 2.13. The zero-order chi connectivity index (χ0) is 14.7. The number of likely N-dealkylation sites (N-methyl/N-ethyl adjacent to an activating group) is 1. The van der Waals surface area contributed by atoms with Gasteiger partial charge in [0.2, 0.25) is 5.15 Å². The van der Waals surface area contributed by atoms with Crippen LogP contribution < -0.4 is 5.43 Å². The Hall–Kier alpha value is -1.77. The number of nitrogens with zero attached hydrogens (tertiary/aromatic N) is 4. The standard InChI is InChI=1S/C11H14ClN5O3/c1-15-4-6-16(7-5-15)14-11(18)8-2-3-13-10(12)9(8)17(19)20/h2-3H,4-7H2,1H3,(H,14,18). The molecule has 0 aliphatic carbocycles. The molecule has 0 bridgehead atoms. The molecule has 9 heteroatoms. The van der Waals surface area contributed by atoms with Crippen molar-refractivity contribution >= 4 is 23.2 Å². The van der Waals surface area contributed by atoms with Crippen molar-refractivity contribution in [3.63, 3.8) is 0 Å². The van der Waals surface area contributed by atoms with E-state index in [1.807, 2.05) is 7.05 Å². The summed E-state index contributed by atoms with van der Waals surface area (Å²) < 4.78 is 0. The van der Waals surface area contributed by atoms with Crippen molar-refractivity contribution in [2.24, 2.45) is 0 Å². The number of piperazine rings is 1. The SMILES string of the molecule is CN1CCN(NC(=O)c2ccnc(Cl)c2[N+](=O)[O-])CC1. The highest BCUT2D eigenvalue weighted by Gasteiger charge is 2.26. The molecule has 2 rings (SSSR count). The molecular weight excluding hydrogens is 286 g/mol. The van der Waals surface area contributed by atoms with Crippen LogP contribution in [0.5, 0.6) is 0 Å². The molecule has 108 valence electrons. The minimum Gasteiger partial charge on any atom is -0.304 e. The highest BCUT2D eigenvalue weighted by atomic mass is 35.5. The van der Waals surface area contributed by atoms with Gasteiger partial charge in [-0.15, -0.1) is 0 Å². The fraction of sp³-hybridized carbons (Fsp3) is 0.455. The third kappa shape index (κ3) is 3.21. The van der Waals surface area contributed by atoms with Crippen molar-refractivity contribution in [1.29, 1.82) is 0 Å². The van der Waals surface area contributed by atoms with Crippen molar-refractivity contribution in [2.75, 3.05) is 33.2 Å². The molecular formula is C11H14ClN5O3. The number of hydrogen-bond acceptors (Lipinski definition) is 6. The molecule has 0 saturated carbocycles. The van der Waals surface area contributed by atoms with Crippen molar-refractivity contribution < 1.29 is 9.72 Å². The summed E-state index contributed by atoms with van der Waals surface area (Å²) in [5.41, 5.74) is 2.09. The number of nitro groups is 1. The Kier molecular flexibility index (Phi) is 4.48. The molecule has 0 radical (unpaired) electrons. The second-order valence-electron chi connectivity index (χ2n) is 4.49. The van der Waals surface area contributed by atoms with Gasteiger partial charge in [0.15, 0.2) is 0 Å². The molecule has 20 heavy (non-hydrogen) atoms. The van der Waals surface area contributed by atoms with Crippen LogP contribution in [0.1, 0.15) is 10.4 Å². The summed E-state index contributed by atoms with van der Waals surface area (Å²) in [6, 6.07) is 1.29. The quantitative estimate of drug-likeness (QED) is 0.497. The minimum absolute atomic E-state index is 0.0890. The first kappa shape index (κ1) is 14.6. The Bertz CT molecular complexity index is 531. The van der Waals surface area contributed by atoms with Gasteiger partial charge in [-0.05, 0) is 13.1 Å². The molecule has 1 aromatic rings. The smallest absolute Gasteiger partial charge is 0.304 e. The first-order valence-electron chi connectivity index (χ1n) is 6.02. The lowest BCUT2D eigenvalue weighted by Crippen LogP contribution is -2.52. The number of carbonyl (C=O) groups excluding carboxylic acids is 1. The molecule has 1 N–H and O–H groups in total. The lowest BCUT2D eigenvalue weighted by atomic mass is 10.2. The number of aromatic nitrogens is 1. The summed E-state index contributed by atoms with van der Waals surface area (Å²) >= 11 is 5.68. The zero-order valence-electron chi connectivity index (χ0n) is 10.9. The van der Waals surface area contributed by atoms with E-state index in [1.165, 1.54) is 12.3 Å². The van der Waals surface area contributed by atoms with Crippen molar-refractivity contribution in [1.82, 2.24) is 20.3 Å². The van der Waals surface area contributed by atoms with Crippen LogP contribution >= 0.6 is 11.6 Å². The minimum atomic E-state index is -0.700. The second kappa shape index (κ2) is 6.12. The van der Waals surface area contributed by atoms with E-state index in [0.29, 0.717) is 13.1 Å². The average Bonchev–Trinajstić information content (AvgIpc) is 2.40. The van der Waals surface area contributed by atoms with E-state index in [1.54, 1.807) is 5.01 Å². The van der Waals surface area contributed by atoms with Crippen molar-refractivity contribution in [2.45, 2.75) is 0 Å². The normalized spacial score (nSPS) is 16.9. The molecule has 1 saturated heterocycles. The third-order valence-corrected chi connectivity index (χ3v) is 3.35. The van der Waals surface area contributed by atoms with Crippen molar-refractivity contribution in [3.8, 4) is 0 Å². The van der Waals surface area contributed by atoms with Gasteiger partial charge in [-0.1, -0.05) is 11.6 Å². The van der Waals surface area contributed by atoms with Gasteiger partial charge in [0.1, 0.15) is 5.56 Å². The first-order valence-corrected chi connectivity index (χ1v) is 6.40. The molecule has 1 aliphatic rings. The summed E-state index contributed by atoms with van der Waals surface area (Å²) in [6.07, 6.45) is 1.27. The van der Waals surface area contributed by atoms with Gasteiger partial charge in [-0.25, -0.2) is 9.99 Å². The van der Waals surface area contributed by atoms with E-state index in [-0.39, 0.29) is 10.7 Å². The lowest BCUT2D eigenvalue weighted by Gasteiger charge is -2.32. The molecule has 1 aliphatic heterocycles. The van der Waals surface area contributed by atoms with Crippen LogP contribution in [0.15, 0.2) is 12.3 Å². The summed E-state index contributed by atoms with van der Waals surface area (Å²) in [5, 5.41) is 12.4. The average molecular weight is 300 g/mol. The van der Waals surface area contributed by atoms with Crippen LogP contribution in [-0.2, 0) is 0 Å². The molecule has 0 aromatic carbocycles. The number of hydrazine groups is 1. The number of rotatable bonds is 3. The van der Waals surface area contributed by atoms with Crippen LogP contribution in [0.25, 0.3) is 0 Å². The summed E-state index contributed by atoms with van der Waals surface area (Å²) in [7, 11) is 1.99. The van der Waals surface area contributed by atoms with Gasteiger partial charge >= 0.3 is 5.69 Å². The maximum atomic E-state index is 12.1. The third-order valence-electron chi connectivity index (χ3n) is 3.07. The largest absolute Gasteiger partial charge is 0.319 e. The summed E-state index contributed by atoms with van der Waals surface area (Å²) in [5.74, 6) is -0.550. The van der Waals surface area contributed by atoms with E-state index in [0.717, 1.165) is 13.1 Å². The topological polar surface area (TPSA) is 91.6 Å². The molecule has 1 aromatic heterocycles. The maximum Gasteiger partial charge on any atom is 0.319 e. The number of halogens is 1. The molecule has 0 unspecified atom stereocenters. The van der Waals surface area contributed by atoms with Crippen LogP contribution in [0.3, 0.4) is 0 Å². The molecule has 1 amide bonds. The van der Waals surface area contributed by atoms with Crippen LogP contribution in [0, 0.1) is 10.1 Å². The lowest BCUT2D eigenvalue weighted by molar-refractivity contribution is -0.385. The van der Waals surface area contributed by atoms with Gasteiger partial charge in [-0.2, -0.15) is 0 Å². The fourth-order valence-electron chi connectivity index (χ4n) is 1.91. The molecule has 1 fully saturated rings. The predicted octanol–water partition coefficient (Wildman–Crippen LogP) is 0.535. The molecule has 0 atom stereocenters. The van der Waals surface area contributed by atoms with Crippen LogP contribution in [0.2, 0.25) is 5.15 Å². The number of carbonyl (C=O) groups is 1. The Morgan fingerprint density at radius 3 is 2.70 bits per heavy atom. The van der Waals surface area contributed by atoms with Gasteiger partial charge in [-0.3, -0.25) is 20.3 Å². The zero-order valence-corrected chi connectivity index (χ0v) is 11.6. The van der Waals surface area contributed by atoms with Gasteiger partial charge in [0.25, 0.3) is 5.91 Å². The van der Waals surface area contributed by atoms with Crippen molar-refractivity contribution in [3.05, 3.63) is 33.1 Å². The predicted molar refractivity (Wildman–Crippen MR) is 72.4 cm³/mol. The Balaban J connectivity index is 2.13. The Labute approximate surface area is 120 Å². The Morgan fingerprint density at radius 1 is 1.45 bits per heavy atom. The van der Waals surface area contributed by atoms with Gasteiger partial charge in [0.05, 0.1) is 4.92 Å². The van der Waals surface area contributed by atoms with E-state index < -0.39 is 16.5 Å². The molecule has 8 nitrogen and oxygen atoms in total. The van der Waals surface area contributed by atoms with Gasteiger partial charge < -0.3 is 4.90 Å². The molecule has 2 heterocycles. The van der Waals surface area contributed by atoms with E-state index >= 15 is 0 Å². The van der Waals surface area contributed by atoms with Gasteiger partial charge in [0, 0.05) is 32.4 Å². The highest BCUT2D eigenvalue weighted by Crippen LogP contribution is 2.25. The van der Waals surface area contributed by atoms with E-state index in [9.17, 15) is 14.9 Å². The number of nitrogens with one attached hydrogen (secondary N) is 1. The van der Waals surface area contributed by atoms with E-state index in [4.69, 9.17) is 11.6 Å². The Morgan fingerprint density at radius 2 is 2.10 bits per heavy atom. The number of hydrogen-bond donors (Lipinski definition) is 1. The summed E-state index contributed by atoms with van der Waals surface area (Å²) in [6.45, 7) is 2.96. The van der Waals surface area contributed by atoms with Crippen LogP contribution in [-0.4, -0.2) is 58.9 Å². The highest BCUT2D eigenvalue weighted by molar-refractivity contribution is 6.32. The molecule has 0 spiro atoms. The first-order chi connectivity index (χ1) is 9.49. The van der Waals surface area contributed by atoms with E-state index in [2.05, 4.69) is 15.3 Å². The second-order valence-corrected chi connectivity index (χ2v) is 4.84. The maximum absolute atomic E-state index is 12.1. The monoisotopic (exact) mass is 299 g/mol. The van der Waals surface area contributed by atoms with Crippen LogP contribution in [0.4, 0.5) is 5.69 Å². The number of amides is 1.